The predicted octanol–water partition coefficient (Wildman–Crippen LogP) is 4.72. The number of carbonyl (C=O) groups is 1. The first-order valence-electron chi connectivity index (χ1n) is 9.06. The largest absolute Gasteiger partial charge is 0.457 e. The van der Waals surface area contributed by atoms with Crippen LogP contribution in [0.4, 0.5) is 5.69 Å². The standard InChI is InChI=1S/C22H26N2O2/c1-15-7-9-18(10-8-15)14-26-22(25)19-12-17(3)20(13-16(19)2)23-21-6-5-11-24(21)4/h7-10,12-13H,5-6,11,14H2,1-4H3/b23-21+. The van der Waals surface area contributed by atoms with E-state index in [0.717, 1.165) is 47.6 Å². The number of ether oxygens (including phenoxy) is 1. The van der Waals surface area contributed by atoms with Crippen LogP contribution in [0, 0.1) is 20.8 Å². The molecule has 0 radical (unpaired) electrons. The lowest BCUT2D eigenvalue weighted by Gasteiger charge is -2.13. The SMILES string of the molecule is Cc1ccc(COC(=O)c2cc(C)c(/N=C3\CCCN3C)cc2C)cc1. The minimum atomic E-state index is -0.289. The molecule has 2 aromatic rings. The average Bonchev–Trinajstić information content (AvgIpc) is 3.02. The first kappa shape index (κ1) is 18.2. The highest BCUT2D eigenvalue weighted by atomic mass is 16.5. The summed E-state index contributed by atoms with van der Waals surface area (Å²) in [5.74, 6) is 0.825. The molecule has 0 bridgehead atoms. The number of nitrogens with zero attached hydrogens (tertiary/aromatic N) is 2. The van der Waals surface area contributed by atoms with Crippen molar-refractivity contribution in [3.63, 3.8) is 0 Å². The summed E-state index contributed by atoms with van der Waals surface area (Å²) in [4.78, 5) is 19.5. The van der Waals surface area contributed by atoms with Crippen LogP contribution in [0.1, 0.15) is 45.5 Å². The van der Waals surface area contributed by atoms with Crippen LogP contribution in [0.15, 0.2) is 41.4 Å². The first-order valence-corrected chi connectivity index (χ1v) is 9.06. The van der Waals surface area contributed by atoms with Crippen molar-refractivity contribution in [1.29, 1.82) is 0 Å². The van der Waals surface area contributed by atoms with Crippen molar-refractivity contribution in [3.8, 4) is 0 Å². The Kier molecular flexibility index (Phi) is 5.40. The number of esters is 1. The molecule has 0 saturated carbocycles. The molecule has 136 valence electrons. The molecule has 0 aliphatic carbocycles. The van der Waals surface area contributed by atoms with E-state index in [1.54, 1.807) is 0 Å². The maximum atomic E-state index is 12.5. The van der Waals surface area contributed by atoms with E-state index in [1.807, 2.05) is 57.2 Å². The lowest BCUT2D eigenvalue weighted by atomic mass is 10.0. The van der Waals surface area contributed by atoms with Crippen LogP contribution in [0.3, 0.4) is 0 Å². The van der Waals surface area contributed by atoms with Crippen LogP contribution < -0.4 is 0 Å². The molecule has 0 spiro atoms. The third-order valence-corrected chi connectivity index (χ3v) is 4.84. The van der Waals surface area contributed by atoms with E-state index >= 15 is 0 Å². The van der Waals surface area contributed by atoms with Gasteiger partial charge in [-0.15, -0.1) is 0 Å². The molecule has 2 aromatic carbocycles. The van der Waals surface area contributed by atoms with Crippen LogP contribution in [-0.2, 0) is 11.3 Å². The van der Waals surface area contributed by atoms with Crippen molar-refractivity contribution < 1.29 is 9.53 Å². The molecule has 4 nitrogen and oxygen atoms in total. The van der Waals surface area contributed by atoms with Gasteiger partial charge in [0.25, 0.3) is 0 Å². The van der Waals surface area contributed by atoms with E-state index in [0.29, 0.717) is 5.56 Å². The maximum Gasteiger partial charge on any atom is 0.338 e. The molecule has 1 heterocycles. The van der Waals surface area contributed by atoms with Gasteiger partial charge in [0.2, 0.25) is 0 Å². The average molecular weight is 350 g/mol. The lowest BCUT2D eigenvalue weighted by molar-refractivity contribution is 0.0472. The van der Waals surface area contributed by atoms with E-state index in [2.05, 4.69) is 11.9 Å². The monoisotopic (exact) mass is 350 g/mol. The van der Waals surface area contributed by atoms with Gasteiger partial charge in [0.15, 0.2) is 0 Å². The fourth-order valence-corrected chi connectivity index (χ4v) is 3.13. The van der Waals surface area contributed by atoms with Crippen molar-refractivity contribution in [2.24, 2.45) is 4.99 Å². The molecule has 0 aromatic heterocycles. The number of aliphatic imine (C=N–C) groups is 1. The maximum absolute atomic E-state index is 12.5. The highest BCUT2D eigenvalue weighted by Gasteiger charge is 2.17. The van der Waals surface area contributed by atoms with Gasteiger partial charge in [0, 0.05) is 20.0 Å². The molecule has 0 amide bonds. The Balaban J connectivity index is 1.74. The smallest absolute Gasteiger partial charge is 0.338 e. The van der Waals surface area contributed by atoms with Crippen LogP contribution in [-0.4, -0.2) is 30.3 Å². The second-order valence-electron chi connectivity index (χ2n) is 7.07. The van der Waals surface area contributed by atoms with Crippen LogP contribution in [0.2, 0.25) is 0 Å². The molecule has 1 aliphatic heterocycles. The van der Waals surface area contributed by atoms with Crippen molar-refractivity contribution >= 4 is 17.5 Å². The first-order chi connectivity index (χ1) is 12.4. The molecule has 4 heteroatoms. The number of carbonyl (C=O) groups excluding carboxylic acids is 1. The van der Waals surface area contributed by atoms with Gasteiger partial charge in [-0.05, 0) is 56.0 Å². The number of likely N-dealkylation sites (tertiary alicyclic amines) is 1. The predicted molar refractivity (Wildman–Crippen MR) is 105 cm³/mol. The lowest BCUT2D eigenvalue weighted by Crippen LogP contribution is -2.18. The van der Waals surface area contributed by atoms with E-state index in [1.165, 1.54) is 5.56 Å². The molecular formula is C22H26N2O2. The number of hydrogen-bond donors (Lipinski definition) is 0. The Morgan fingerprint density at radius 2 is 1.85 bits per heavy atom. The Morgan fingerprint density at radius 1 is 1.12 bits per heavy atom. The van der Waals surface area contributed by atoms with Gasteiger partial charge in [0.1, 0.15) is 12.4 Å². The fourth-order valence-electron chi connectivity index (χ4n) is 3.13. The van der Waals surface area contributed by atoms with Gasteiger partial charge in [0.05, 0.1) is 11.3 Å². The van der Waals surface area contributed by atoms with Crippen molar-refractivity contribution in [2.45, 2.75) is 40.2 Å². The molecular weight excluding hydrogens is 324 g/mol. The van der Waals surface area contributed by atoms with Gasteiger partial charge in [-0.25, -0.2) is 9.79 Å². The van der Waals surface area contributed by atoms with E-state index in [-0.39, 0.29) is 12.6 Å². The summed E-state index contributed by atoms with van der Waals surface area (Å²) in [7, 11) is 2.07. The molecule has 0 unspecified atom stereocenters. The van der Waals surface area contributed by atoms with Crippen molar-refractivity contribution in [1.82, 2.24) is 4.90 Å². The number of aryl methyl sites for hydroxylation is 3. The summed E-state index contributed by atoms with van der Waals surface area (Å²) in [6.07, 6.45) is 2.16. The van der Waals surface area contributed by atoms with E-state index in [4.69, 9.17) is 9.73 Å². The number of rotatable bonds is 4. The highest BCUT2D eigenvalue weighted by Crippen LogP contribution is 2.26. The number of amidine groups is 1. The normalized spacial score (nSPS) is 15.5. The summed E-state index contributed by atoms with van der Waals surface area (Å²) in [6, 6.07) is 11.9. The zero-order chi connectivity index (χ0) is 18.7. The zero-order valence-electron chi connectivity index (χ0n) is 16.0. The van der Waals surface area contributed by atoms with Crippen molar-refractivity contribution in [3.05, 3.63) is 64.2 Å². The second kappa shape index (κ2) is 7.73. The summed E-state index contributed by atoms with van der Waals surface area (Å²) in [6.45, 7) is 7.30. The van der Waals surface area contributed by atoms with Gasteiger partial charge in [-0.2, -0.15) is 0 Å². The summed E-state index contributed by atoms with van der Waals surface area (Å²) in [5, 5.41) is 0. The number of benzene rings is 2. The van der Waals surface area contributed by atoms with Crippen LogP contribution in [0.25, 0.3) is 0 Å². The third kappa shape index (κ3) is 4.13. The highest BCUT2D eigenvalue weighted by molar-refractivity contribution is 5.92. The fraction of sp³-hybridized carbons (Fsp3) is 0.364. The summed E-state index contributed by atoms with van der Waals surface area (Å²) in [5.41, 5.74) is 5.61. The van der Waals surface area contributed by atoms with Gasteiger partial charge < -0.3 is 9.64 Å². The topological polar surface area (TPSA) is 41.9 Å². The Morgan fingerprint density at radius 3 is 2.50 bits per heavy atom. The van der Waals surface area contributed by atoms with Crippen LogP contribution in [0.5, 0.6) is 0 Å². The van der Waals surface area contributed by atoms with E-state index < -0.39 is 0 Å². The molecule has 3 rings (SSSR count). The van der Waals surface area contributed by atoms with E-state index in [9.17, 15) is 4.79 Å². The molecule has 1 saturated heterocycles. The summed E-state index contributed by atoms with van der Waals surface area (Å²) < 4.78 is 5.50. The Bertz CT molecular complexity index is 838. The molecule has 1 fully saturated rings. The third-order valence-electron chi connectivity index (χ3n) is 4.84. The minimum absolute atomic E-state index is 0.284. The second-order valence-corrected chi connectivity index (χ2v) is 7.07. The van der Waals surface area contributed by atoms with Crippen LogP contribution >= 0.6 is 0 Å². The van der Waals surface area contributed by atoms with Gasteiger partial charge in [-0.1, -0.05) is 29.8 Å². The molecule has 1 aliphatic rings. The number of hydrogen-bond acceptors (Lipinski definition) is 3. The molecule has 0 atom stereocenters. The Hall–Kier alpha value is -2.62. The molecule has 0 N–H and O–H groups in total. The Labute approximate surface area is 155 Å². The minimum Gasteiger partial charge on any atom is -0.457 e. The van der Waals surface area contributed by atoms with Gasteiger partial charge in [-0.3, -0.25) is 0 Å². The van der Waals surface area contributed by atoms with Crippen molar-refractivity contribution in [2.75, 3.05) is 13.6 Å². The quantitative estimate of drug-likeness (QED) is 0.749. The molecule has 26 heavy (non-hydrogen) atoms. The summed E-state index contributed by atoms with van der Waals surface area (Å²) >= 11 is 0. The van der Waals surface area contributed by atoms with Gasteiger partial charge >= 0.3 is 5.97 Å². The zero-order valence-corrected chi connectivity index (χ0v) is 16.0.